The zero-order valence-corrected chi connectivity index (χ0v) is 10.1. The molecule has 0 aliphatic heterocycles. The number of benzene rings is 1. The lowest BCUT2D eigenvalue weighted by atomic mass is 10.3. The fourth-order valence-electron chi connectivity index (χ4n) is 1.40. The maximum Gasteiger partial charge on any atom is 0.0833 e. The summed E-state index contributed by atoms with van der Waals surface area (Å²) in [6.07, 6.45) is 0. The van der Waals surface area contributed by atoms with Crippen molar-refractivity contribution >= 4 is 39.0 Å². The van der Waals surface area contributed by atoms with Crippen LogP contribution in [0.25, 0.3) is 10.2 Å². The Labute approximate surface area is 97.4 Å². The summed E-state index contributed by atoms with van der Waals surface area (Å²) < 4.78 is 1.22. The topological polar surface area (TPSA) is 24.9 Å². The predicted molar refractivity (Wildman–Crippen MR) is 69.8 cm³/mol. The molecule has 0 spiro atoms. The molecular weight excluding hydrogens is 224 g/mol. The molecule has 2 rings (SSSR count). The number of thioether (sulfide) groups is 1. The van der Waals surface area contributed by atoms with Crippen molar-refractivity contribution < 1.29 is 0 Å². The molecule has 0 fully saturated rings. The fourth-order valence-corrected chi connectivity index (χ4v) is 2.80. The minimum absolute atomic E-state index is 0.917. The minimum Gasteiger partial charge on any atom is -0.384 e. The zero-order valence-electron chi connectivity index (χ0n) is 8.49. The molecule has 1 N–H and O–H groups in total. The number of nitrogens with zero attached hydrogens (tertiary/aromatic N) is 1. The summed E-state index contributed by atoms with van der Waals surface area (Å²) in [5, 5.41) is 5.19. The van der Waals surface area contributed by atoms with Crippen LogP contribution < -0.4 is 5.32 Å². The van der Waals surface area contributed by atoms with Crippen molar-refractivity contribution in [3.8, 4) is 0 Å². The molecular formula is C11H12N2S2. The molecule has 0 atom stereocenters. The molecule has 0 bridgehead atoms. The SMILES string of the molecule is C=CSc1cc2scnc2cc1NCC. The second-order valence-corrected chi connectivity index (χ2v) is 4.88. The number of thiazole rings is 1. The number of nitrogens with one attached hydrogen (secondary N) is 1. The Morgan fingerprint density at radius 1 is 1.60 bits per heavy atom. The van der Waals surface area contributed by atoms with E-state index in [9.17, 15) is 0 Å². The highest BCUT2D eigenvalue weighted by molar-refractivity contribution is 8.02. The Bertz CT molecular complexity index is 476. The highest BCUT2D eigenvalue weighted by atomic mass is 32.2. The molecule has 0 saturated carbocycles. The van der Waals surface area contributed by atoms with Crippen LogP contribution in [-0.4, -0.2) is 11.5 Å². The molecule has 1 aromatic heterocycles. The molecule has 0 unspecified atom stereocenters. The Morgan fingerprint density at radius 2 is 2.47 bits per heavy atom. The molecule has 0 radical (unpaired) electrons. The Kier molecular flexibility index (Phi) is 3.28. The van der Waals surface area contributed by atoms with Gasteiger partial charge in [-0.2, -0.15) is 0 Å². The van der Waals surface area contributed by atoms with Gasteiger partial charge in [0.2, 0.25) is 0 Å². The van der Waals surface area contributed by atoms with E-state index in [2.05, 4.69) is 35.9 Å². The lowest BCUT2D eigenvalue weighted by Crippen LogP contribution is -1.97. The smallest absolute Gasteiger partial charge is 0.0833 e. The van der Waals surface area contributed by atoms with Crippen molar-refractivity contribution in [3.05, 3.63) is 29.6 Å². The largest absolute Gasteiger partial charge is 0.384 e. The van der Waals surface area contributed by atoms with E-state index < -0.39 is 0 Å². The first-order valence-corrected chi connectivity index (χ1v) is 6.49. The molecule has 0 amide bonds. The van der Waals surface area contributed by atoms with Gasteiger partial charge in [0.05, 0.1) is 21.4 Å². The van der Waals surface area contributed by atoms with E-state index in [1.165, 1.54) is 9.60 Å². The lowest BCUT2D eigenvalue weighted by Gasteiger charge is -2.08. The third kappa shape index (κ3) is 2.16. The molecule has 2 aromatic rings. The van der Waals surface area contributed by atoms with E-state index in [-0.39, 0.29) is 0 Å². The third-order valence-corrected chi connectivity index (χ3v) is 3.56. The van der Waals surface area contributed by atoms with Crippen LogP contribution in [0.2, 0.25) is 0 Å². The summed E-state index contributed by atoms with van der Waals surface area (Å²) in [6.45, 7) is 6.76. The quantitative estimate of drug-likeness (QED) is 0.813. The predicted octanol–water partition coefficient (Wildman–Crippen LogP) is 3.96. The second-order valence-electron chi connectivity index (χ2n) is 2.98. The van der Waals surface area contributed by atoms with E-state index in [0.717, 1.165) is 17.7 Å². The fraction of sp³-hybridized carbons (Fsp3) is 0.182. The average Bonchev–Trinajstić information content (AvgIpc) is 2.66. The second kappa shape index (κ2) is 4.68. The maximum absolute atomic E-state index is 4.31. The van der Waals surface area contributed by atoms with Crippen LogP contribution in [0, 0.1) is 0 Å². The van der Waals surface area contributed by atoms with Gasteiger partial charge in [0.15, 0.2) is 0 Å². The van der Waals surface area contributed by atoms with Gasteiger partial charge in [-0.15, -0.1) is 11.3 Å². The summed E-state index contributed by atoms with van der Waals surface area (Å²) in [6, 6.07) is 4.26. The van der Waals surface area contributed by atoms with Gasteiger partial charge < -0.3 is 5.32 Å². The first kappa shape index (κ1) is 10.5. The van der Waals surface area contributed by atoms with Crippen molar-refractivity contribution in [3.63, 3.8) is 0 Å². The highest BCUT2D eigenvalue weighted by Crippen LogP contribution is 2.33. The molecule has 1 heterocycles. The van der Waals surface area contributed by atoms with E-state index in [1.807, 2.05) is 10.9 Å². The number of hydrogen-bond donors (Lipinski definition) is 1. The minimum atomic E-state index is 0.917. The monoisotopic (exact) mass is 236 g/mol. The van der Waals surface area contributed by atoms with Crippen LogP contribution in [0.4, 0.5) is 5.69 Å². The van der Waals surface area contributed by atoms with Gasteiger partial charge in [0.25, 0.3) is 0 Å². The van der Waals surface area contributed by atoms with Crippen molar-refractivity contribution in [2.24, 2.45) is 0 Å². The van der Waals surface area contributed by atoms with Crippen molar-refractivity contribution in [1.29, 1.82) is 0 Å². The average molecular weight is 236 g/mol. The molecule has 0 aliphatic rings. The number of aromatic nitrogens is 1. The summed E-state index contributed by atoms with van der Waals surface area (Å²) in [4.78, 5) is 5.52. The van der Waals surface area contributed by atoms with Crippen LogP contribution in [0.3, 0.4) is 0 Å². The van der Waals surface area contributed by atoms with Crippen LogP contribution in [-0.2, 0) is 0 Å². The van der Waals surface area contributed by atoms with Gasteiger partial charge in [-0.25, -0.2) is 4.98 Å². The normalized spacial score (nSPS) is 10.5. The summed E-state index contributed by atoms with van der Waals surface area (Å²) in [7, 11) is 0. The van der Waals surface area contributed by atoms with Crippen molar-refractivity contribution in [2.45, 2.75) is 11.8 Å². The molecule has 0 saturated heterocycles. The van der Waals surface area contributed by atoms with Gasteiger partial charge in [0, 0.05) is 11.4 Å². The number of fused-ring (bicyclic) bond motifs is 1. The van der Waals surface area contributed by atoms with Gasteiger partial charge in [-0.3, -0.25) is 0 Å². The molecule has 2 nitrogen and oxygen atoms in total. The van der Waals surface area contributed by atoms with Crippen LogP contribution in [0.15, 0.2) is 34.5 Å². The van der Waals surface area contributed by atoms with E-state index in [4.69, 9.17) is 0 Å². The highest BCUT2D eigenvalue weighted by Gasteiger charge is 2.05. The standard InChI is InChI=1S/C11H12N2S2/c1-3-12-8-5-9-11(15-7-13-9)6-10(8)14-4-2/h4-7,12H,2-3H2,1H3. The number of hydrogen-bond acceptors (Lipinski definition) is 4. The third-order valence-electron chi connectivity index (χ3n) is 2.01. The number of anilines is 1. The Hall–Kier alpha value is -1.00. The molecule has 1 aromatic carbocycles. The van der Waals surface area contributed by atoms with Gasteiger partial charge in [-0.05, 0) is 24.5 Å². The first-order valence-electron chi connectivity index (χ1n) is 4.74. The summed E-state index contributed by atoms with van der Waals surface area (Å²) in [5.74, 6) is 0. The maximum atomic E-state index is 4.31. The van der Waals surface area contributed by atoms with Crippen LogP contribution in [0.5, 0.6) is 0 Å². The van der Waals surface area contributed by atoms with E-state index in [1.54, 1.807) is 23.1 Å². The summed E-state index contributed by atoms with van der Waals surface area (Å²) in [5.41, 5.74) is 4.08. The first-order chi connectivity index (χ1) is 7.35. The molecule has 0 aliphatic carbocycles. The van der Waals surface area contributed by atoms with E-state index >= 15 is 0 Å². The van der Waals surface area contributed by atoms with Crippen LogP contribution in [0.1, 0.15) is 6.92 Å². The Balaban J connectivity index is 2.51. The summed E-state index contributed by atoms with van der Waals surface area (Å²) >= 11 is 3.31. The van der Waals surface area contributed by atoms with Gasteiger partial charge >= 0.3 is 0 Å². The van der Waals surface area contributed by atoms with Gasteiger partial charge in [-0.1, -0.05) is 18.3 Å². The molecule has 15 heavy (non-hydrogen) atoms. The van der Waals surface area contributed by atoms with Gasteiger partial charge in [0.1, 0.15) is 0 Å². The van der Waals surface area contributed by atoms with Crippen LogP contribution >= 0.6 is 23.1 Å². The van der Waals surface area contributed by atoms with Crippen molar-refractivity contribution in [1.82, 2.24) is 4.98 Å². The Morgan fingerprint density at radius 3 is 3.20 bits per heavy atom. The van der Waals surface area contributed by atoms with E-state index in [0.29, 0.717) is 0 Å². The molecule has 78 valence electrons. The lowest BCUT2D eigenvalue weighted by molar-refractivity contribution is 1.19. The zero-order chi connectivity index (χ0) is 10.7. The number of rotatable bonds is 4. The molecule has 4 heteroatoms. The van der Waals surface area contributed by atoms with Crippen molar-refractivity contribution in [2.75, 3.05) is 11.9 Å².